The van der Waals surface area contributed by atoms with Crippen LogP contribution in [0.4, 0.5) is 4.39 Å². The zero-order valence-corrected chi connectivity index (χ0v) is 19.6. The number of hydrogen-bond donors (Lipinski definition) is 2. The first-order chi connectivity index (χ1) is 15.5. The molecule has 33 heavy (non-hydrogen) atoms. The second-order valence-corrected chi connectivity index (χ2v) is 9.00. The van der Waals surface area contributed by atoms with Gasteiger partial charge in [0.25, 0.3) is 0 Å². The lowest BCUT2D eigenvalue weighted by molar-refractivity contribution is 0.0999. The van der Waals surface area contributed by atoms with E-state index < -0.39 is 11.7 Å². The molecule has 0 atom stereocenters. The van der Waals surface area contributed by atoms with Crippen molar-refractivity contribution in [2.75, 3.05) is 19.7 Å². The molecule has 0 bridgehead atoms. The molecule has 5 nitrogen and oxygen atoms in total. The zero-order chi connectivity index (χ0) is 22.2. The Balaban J connectivity index is 0.00000259. The van der Waals surface area contributed by atoms with E-state index in [-0.39, 0.29) is 30.3 Å². The van der Waals surface area contributed by atoms with E-state index in [0.29, 0.717) is 11.5 Å². The number of nitrogens with one attached hydrogen (secondary N) is 1. The van der Waals surface area contributed by atoms with Gasteiger partial charge in [-0.05, 0) is 61.4 Å². The summed E-state index contributed by atoms with van der Waals surface area (Å²) in [4.78, 5) is 17.5. The van der Waals surface area contributed by atoms with Crippen molar-refractivity contribution in [3.8, 4) is 5.75 Å². The Kier molecular flexibility index (Phi) is 6.86. The van der Waals surface area contributed by atoms with Gasteiger partial charge in [0.1, 0.15) is 6.61 Å². The summed E-state index contributed by atoms with van der Waals surface area (Å²) in [6, 6.07) is 8.60. The second kappa shape index (κ2) is 9.65. The van der Waals surface area contributed by atoms with Crippen LogP contribution in [-0.2, 0) is 6.42 Å². The molecule has 2 heterocycles. The molecule has 8 heteroatoms. The lowest BCUT2D eigenvalue weighted by atomic mass is 10.0. The third kappa shape index (κ3) is 4.82. The fourth-order valence-corrected chi connectivity index (χ4v) is 4.65. The molecular formula is C25H26Cl2FN3O2. The Hall–Kier alpha value is -2.70. The molecule has 2 aliphatic rings. The number of ether oxygens (including phenoxy) is 1. The van der Waals surface area contributed by atoms with E-state index in [1.54, 1.807) is 0 Å². The van der Waals surface area contributed by atoms with Crippen LogP contribution in [0.2, 0.25) is 5.02 Å². The number of aromatic amines is 1. The number of carbonyl (C=O) groups is 1. The standard InChI is InChI=1S/C25H25ClFN3O2.ClH/c26-21-5-1-4-18-16(12-29-23(18)21)3-2-10-30(13-15-6-7-15)17-11-20-19(25(28)31)8-9-22(27)24(20)32-14-17;/h1,4-5,8-9,11-12,15,29H,2-3,6-7,10,13-14H2,(H2,28,31);1H. The number of amides is 1. The predicted octanol–water partition coefficient (Wildman–Crippen LogP) is 5.56. The summed E-state index contributed by atoms with van der Waals surface area (Å²) in [6.07, 6.45) is 8.21. The highest BCUT2D eigenvalue weighted by Gasteiger charge is 2.28. The van der Waals surface area contributed by atoms with E-state index >= 15 is 0 Å². The number of para-hydroxylation sites is 1. The molecule has 0 unspecified atom stereocenters. The van der Waals surface area contributed by atoms with Crippen LogP contribution < -0.4 is 10.5 Å². The number of benzene rings is 2. The lowest BCUT2D eigenvalue weighted by Gasteiger charge is -2.31. The lowest BCUT2D eigenvalue weighted by Crippen LogP contribution is -2.31. The molecular weight excluding hydrogens is 464 g/mol. The molecule has 1 aliphatic heterocycles. The molecule has 2 aromatic carbocycles. The number of halogens is 3. The van der Waals surface area contributed by atoms with E-state index in [1.165, 1.54) is 30.5 Å². The number of carbonyl (C=O) groups excluding carboxylic acids is 1. The maximum absolute atomic E-state index is 14.2. The molecule has 0 saturated heterocycles. The number of aryl methyl sites for hydroxylation is 1. The van der Waals surface area contributed by atoms with Gasteiger partial charge in [-0.25, -0.2) is 4.39 Å². The molecule has 0 spiro atoms. The van der Waals surface area contributed by atoms with Gasteiger partial charge >= 0.3 is 0 Å². The molecule has 3 N–H and O–H groups in total. The third-order valence-electron chi connectivity index (χ3n) is 6.29. The number of nitrogens with two attached hydrogens (primary N) is 1. The molecule has 1 saturated carbocycles. The van der Waals surface area contributed by atoms with Crippen molar-refractivity contribution in [2.45, 2.75) is 25.7 Å². The number of hydrogen-bond acceptors (Lipinski definition) is 3. The smallest absolute Gasteiger partial charge is 0.249 e. The Bertz CT molecular complexity index is 1220. The molecule has 5 rings (SSSR count). The quantitative estimate of drug-likeness (QED) is 0.435. The monoisotopic (exact) mass is 489 g/mol. The molecule has 1 aliphatic carbocycles. The summed E-state index contributed by atoms with van der Waals surface area (Å²) in [5, 5.41) is 1.88. The number of rotatable bonds is 8. The maximum atomic E-state index is 14.2. The van der Waals surface area contributed by atoms with Gasteiger partial charge < -0.3 is 20.4 Å². The second-order valence-electron chi connectivity index (χ2n) is 8.60. The van der Waals surface area contributed by atoms with Gasteiger partial charge in [-0.1, -0.05) is 23.7 Å². The summed E-state index contributed by atoms with van der Waals surface area (Å²) in [6.45, 7) is 2.06. The summed E-state index contributed by atoms with van der Waals surface area (Å²) >= 11 is 6.29. The number of fused-ring (bicyclic) bond motifs is 2. The highest BCUT2D eigenvalue weighted by Crippen LogP contribution is 2.36. The Morgan fingerprint density at radius 2 is 2.09 bits per heavy atom. The van der Waals surface area contributed by atoms with Crippen molar-refractivity contribution in [3.05, 3.63) is 69.8 Å². The van der Waals surface area contributed by atoms with E-state index in [4.69, 9.17) is 22.1 Å². The highest BCUT2D eigenvalue weighted by atomic mass is 35.5. The van der Waals surface area contributed by atoms with Crippen LogP contribution in [0.1, 0.15) is 40.7 Å². The molecule has 174 valence electrons. The average molecular weight is 490 g/mol. The SMILES string of the molecule is Cl.NC(=O)c1ccc(F)c2c1C=C(N(CCCc1c[nH]c3c(Cl)cccc13)CC1CC1)CO2. The summed E-state index contributed by atoms with van der Waals surface area (Å²) < 4.78 is 20.0. The molecule has 3 aromatic rings. The van der Waals surface area contributed by atoms with Crippen LogP contribution in [0.25, 0.3) is 17.0 Å². The van der Waals surface area contributed by atoms with Gasteiger partial charge in [0, 0.05) is 30.2 Å². The summed E-state index contributed by atoms with van der Waals surface area (Å²) in [5.74, 6) is -0.291. The van der Waals surface area contributed by atoms with E-state index in [9.17, 15) is 9.18 Å². The van der Waals surface area contributed by atoms with Gasteiger partial charge in [0.15, 0.2) is 11.6 Å². The first-order valence-corrected chi connectivity index (χ1v) is 11.3. The number of nitrogens with zero attached hydrogens (tertiary/aromatic N) is 1. The van der Waals surface area contributed by atoms with Gasteiger partial charge in [0.2, 0.25) is 5.91 Å². The predicted molar refractivity (Wildman–Crippen MR) is 132 cm³/mol. The minimum Gasteiger partial charge on any atom is -0.484 e. The normalized spacial score (nSPS) is 14.8. The van der Waals surface area contributed by atoms with Crippen molar-refractivity contribution < 1.29 is 13.9 Å². The van der Waals surface area contributed by atoms with E-state index in [2.05, 4.69) is 16.0 Å². The first-order valence-electron chi connectivity index (χ1n) is 11.0. The van der Waals surface area contributed by atoms with Crippen LogP contribution in [0.5, 0.6) is 5.75 Å². The highest BCUT2D eigenvalue weighted by molar-refractivity contribution is 6.35. The fraction of sp³-hybridized carbons (Fsp3) is 0.320. The maximum Gasteiger partial charge on any atom is 0.249 e. The number of primary amides is 1. The number of aromatic nitrogens is 1. The minimum absolute atomic E-state index is 0. The first kappa shape index (κ1) is 23.5. The Morgan fingerprint density at radius 1 is 1.27 bits per heavy atom. The number of H-pyrrole nitrogens is 1. The summed E-state index contributed by atoms with van der Waals surface area (Å²) in [5.41, 5.74) is 9.40. The van der Waals surface area contributed by atoms with Crippen LogP contribution >= 0.6 is 24.0 Å². The average Bonchev–Trinajstić information content (AvgIpc) is 3.50. The summed E-state index contributed by atoms with van der Waals surface area (Å²) in [7, 11) is 0. The Labute approximate surface area is 203 Å². The molecule has 0 radical (unpaired) electrons. The molecule has 1 aromatic heterocycles. The minimum atomic E-state index is -0.589. The van der Waals surface area contributed by atoms with Crippen molar-refractivity contribution in [2.24, 2.45) is 11.7 Å². The molecule has 1 fully saturated rings. The van der Waals surface area contributed by atoms with Gasteiger partial charge in [0.05, 0.1) is 21.8 Å². The third-order valence-corrected chi connectivity index (χ3v) is 6.61. The van der Waals surface area contributed by atoms with Crippen LogP contribution in [-0.4, -0.2) is 35.5 Å². The zero-order valence-electron chi connectivity index (χ0n) is 18.1. The Morgan fingerprint density at radius 3 is 2.85 bits per heavy atom. The van der Waals surface area contributed by atoms with Gasteiger partial charge in [-0.3, -0.25) is 4.79 Å². The van der Waals surface area contributed by atoms with E-state index in [1.807, 2.05) is 24.4 Å². The van der Waals surface area contributed by atoms with Crippen LogP contribution in [0.3, 0.4) is 0 Å². The fourth-order valence-electron chi connectivity index (χ4n) is 4.42. The topological polar surface area (TPSA) is 71.4 Å². The van der Waals surface area contributed by atoms with E-state index in [0.717, 1.165) is 47.6 Å². The largest absolute Gasteiger partial charge is 0.484 e. The molecule has 1 amide bonds. The van der Waals surface area contributed by atoms with Crippen molar-refractivity contribution >= 4 is 46.9 Å². The van der Waals surface area contributed by atoms with Crippen molar-refractivity contribution in [3.63, 3.8) is 0 Å². The van der Waals surface area contributed by atoms with Crippen LogP contribution in [0.15, 0.2) is 42.2 Å². The van der Waals surface area contributed by atoms with Crippen molar-refractivity contribution in [1.29, 1.82) is 0 Å². The van der Waals surface area contributed by atoms with Crippen LogP contribution in [0, 0.1) is 11.7 Å². The van der Waals surface area contributed by atoms with Crippen molar-refractivity contribution in [1.82, 2.24) is 9.88 Å². The van der Waals surface area contributed by atoms with Gasteiger partial charge in [-0.2, -0.15) is 0 Å². The van der Waals surface area contributed by atoms with Gasteiger partial charge in [-0.15, -0.1) is 12.4 Å².